The second kappa shape index (κ2) is 9.32. The SMILES string of the molecule is CCc1ccccc1NC(=O)Cc1ccc(N(C)S(=O)(=O)c2ccc(Cl)cc2)cc1. The van der Waals surface area contributed by atoms with Gasteiger partial charge in [0.05, 0.1) is 17.0 Å². The first-order valence-corrected chi connectivity index (χ1v) is 11.3. The van der Waals surface area contributed by atoms with E-state index in [0.717, 1.165) is 23.2 Å². The molecule has 5 nitrogen and oxygen atoms in total. The second-order valence-electron chi connectivity index (χ2n) is 6.83. The molecule has 0 radical (unpaired) electrons. The number of aryl methyl sites for hydroxylation is 1. The van der Waals surface area contributed by atoms with Crippen molar-refractivity contribution in [2.24, 2.45) is 0 Å². The number of rotatable bonds is 7. The first kappa shape index (κ1) is 21.9. The van der Waals surface area contributed by atoms with Crippen molar-refractivity contribution in [3.8, 4) is 0 Å². The van der Waals surface area contributed by atoms with Crippen LogP contribution in [0.25, 0.3) is 0 Å². The van der Waals surface area contributed by atoms with Gasteiger partial charge in [0.25, 0.3) is 10.0 Å². The fourth-order valence-corrected chi connectivity index (χ4v) is 4.38. The van der Waals surface area contributed by atoms with E-state index in [0.29, 0.717) is 10.7 Å². The van der Waals surface area contributed by atoms with Crippen LogP contribution in [0.15, 0.2) is 77.7 Å². The molecule has 3 aromatic rings. The number of hydrogen-bond donors (Lipinski definition) is 1. The van der Waals surface area contributed by atoms with Crippen molar-refractivity contribution in [3.05, 3.63) is 88.9 Å². The monoisotopic (exact) mass is 442 g/mol. The predicted molar refractivity (Wildman–Crippen MR) is 122 cm³/mol. The predicted octanol–water partition coefficient (Wildman–Crippen LogP) is 4.91. The number of anilines is 2. The van der Waals surface area contributed by atoms with Gasteiger partial charge in [0.2, 0.25) is 5.91 Å². The highest BCUT2D eigenvalue weighted by Gasteiger charge is 2.21. The second-order valence-corrected chi connectivity index (χ2v) is 9.23. The fraction of sp³-hybridized carbons (Fsp3) is 0.174. The third kappa shape index (κ3) is 5.01. The van der Waals surface area contributed by atoms with Gasteiger partial charge in [-0.2, -0.15) is 0 Å². The maximum Gasteiger partial charge on any atom is 0.264 e. The molecule has 0 unspecified atom stereocenters. The molecule has 156 valence electrons. The molecule has 7 heteroatoms. The van der Waals surface area contributed by atoms with E-state index in [4.69, 9.17) is 11.6 Å². The molecule has 0 aromatic heterocycles. The summed E-state index contributed by atoms with van der Waals surface area (Å²) in [5.41, 5.74) is 3.19. The Bertz CT molecular complexity index is 1130. The first-order chi connectivity index (χ1) is 14.3. The Balaban J connectivity index is 1.69. The van der Waals surface area contributed by atoms with Crippen LogP contribution in [0.3, 0.4) is 0 Å². The molecule has 0 saturated carbocycles. The third-order valence-corrected chi connectivity index (χ3v) is 6.86. The van der Waals surface area contributed by atoms with E-state index >= 15 is 0 Å². The molecule has 0 aliphatic rings. The van der Waals surface area contributed by atoms with Gasteiger partial charge in [-0.1, -0.05) is 48.9 Å². The molecule has 0 aliphatic carbocycles. The minimum Gasteiger partial charge on any atom is -0.326 e. The number of halogens is 1. The van der Waals surface area contributed by atoms with Gasteiger partial charge in [0.15, 0.2) is 0 Å². The summed E-state index contributed by atoms with van der Waals surface area (Å²) in [6.45, 7) is 2.04. The molecule has 0 atom stereocenters. The molecule has 3 aromatic carbocycles. The van der Waals surface area contributed by atoms with Crippen molar-refractivity contribution in [1.29, 1.82) is 0 Å². The normalized spacial score (nSPS) is 11.2. The van der Waals surface area contributed by atoms with Crippen molar-refractivity contribution in [2.45, 2.75) is 24.7 Å². The first-order valence-electron chi connectivity index (χ1n) is 9.52. The van der Waals surface area contributed by atoms with Crippen molar-refractivity contribution in [3.63, 3.8) is 0 Å². The van der Waals surface area contributed by atoms with E-state index in [1.165, 1.54) is 23.5 Å². The van der Waals surface area contributed by atoms with Gasteiger partial charge < -0.3 is 5.32 Å². The van der Waals surface area contributed by atoms with Gasteiger partial charge in [0.1, 0.15) is 0 Å². The maximum absolute atomic E-state index is 12.8. The molecule has 3 rings (SSSR count). The van der Waals surface area contributed by atoms with Crippen LogP contribution >= 0.6 is 11.6 Å². The molecule has 0 heterocycles. The largest absolute Gasteiger partial charge is 0.326 e. The molecule has 0 spiro atoms. The van der Waals surface area contributed by atoms with Gasteiger partial charge in [-0.15, -0.1) is 0 Å². The minimum absolute atomic E-state index is 0.120. The summed E-state index contributed by atoms with van der Waals surface area (Å²) in [6.07, 6.45) is 1.03. The number of hydrogen-bond acceptors (Lipinski definition) is 3. The number of para-hydroxylation sites is 1. The number of nitrogens with zero attached hydrogens (tertiary/aromatic N) is 1. The quantitative estimate of drug-likeness (QED) is 0.565. The lowest BCUT2D eigenvalue weighted by Gasteiger charge is -2.20. The van der Waals surface area contributed by atoms with E-state index in [1.54, 1.807) is 36.4 Å². The van der Waals surface area contributed by atoms with Gasteiger partial charge in [-0.25, -0.2) is 8.42 Å². The molecule has 30 heavy (non-hydrogen) atoms. The van der Waals surface area contributed by atoms with Crippen molar-refractivity contribution >= 4 is 38.9 Å². The number of carbonyl (C=O) groups excluding carboxylic acids is 1. The highest BCUT2D eigenvalue weighted by Crippen LogP contribution is 2.24. The summed E-state index contributed by atoms with van der Waals surface area (Å²) < 4.78 is 26.8. The van der Waals surface area contributed by atoms with Crippen LogP contribution in [-0.2, 0) is 27.7 Å². The summed E-state index contributed by atoms with van der Waals surface area (Å²) in [4.78, 5) is 12.6. The van der Waals surface area contributed by atoms with Crippen LogP contribution in [-0.4, -0.2) is 21.4 Å². The van der Waals surface area contributed by atoms with Gasteiger partial charge >= 0.3 is 0 Å². The smallest absolute Gasteiger partial charge is 0.264 e. The Kier molecular flexibility index (Phi) is 6.80. The van der Waals surface area contributed by atoms with Crippen LogP contribution in [0.2, 0.25) is 5.02 Å². The Morgan fingerprint density at radius 1 is 0.967 bits per heavy atom. The topological polar surface area (TPSA) is 66.5 Å². The van der Waals surface area contributed by atoms with E-state index in [-0.39, 0.29) is 17.2 Å². The summed E-state index contributed by atoms with van der Waals surface area (Å²) in [5.74, 6) is -0.120. The van der Waals surface area contributed by atoms with Crippen LogP contribution in [0, 0.1) is 0 Å². The lowest BCUT2D eigenvalue weighted by molar-refractivity contribution is -0.115. The van der Waals surface area contributed by atoms with Crippen LogP contribution < -0.4 is 9.62 Å². The van der Waals surface area contributed by atoms with Crippen molar-refractivity contribution in [2.75, 3.05) is 16.7 Å². The Morgan fingerprint density at radius 2 is 1.60 bits per heavy atom. The van der Waals surface area contributed by atoms with Gasteiger partial charge in [0, 0.05) is 17.8 Å². The summed E-state index contributed by atoms with van der Waals surface area (Å²) in [5, 5.41) is 3.41. The van der Waals surface area contributed by atoms with E-state index in [9.17, 15) is 13.2 Å². The van der Waals surface area contributed by atoms with Gasteiger partial charge in [-0.3, -0.25) is 9.10 Å². The third-order valence-electron chi connectivity index (χ3n) is 4.81. The Hall–Kier alpha value is -2.83. The Labute approximate surface area is 182 Å². The molecule has 0 fully saturated rings. The molecule has 1 amide bonds. The number of nitrogens with one attached hydrogen (secondary N) is 1. The number of amides is 1. The zero-order valence-electron chi connectivity index (χ0n) is 16.8. The molecule has 0 aliphatic heterocycles. The molecular weight excluding hydrogens is 420 g/mol. The van der Waals surface area contributed by atoms with Crippen LogP contribution in [0.5, 0.6) is 0 Å². The molecule has 0 bridgehead atoms. The van der Waals surface area contributed by atoms with Crippen LogP contribution in [0.4, 0.5) is 11.4 Å². The summed E-state index contributed by atoms with van der Waals surface area (Å²) in [6, 6.07) is 20.6. The van der Waals surface area contributed by atoms with E-state index in [2.05, 4.69) is 5.32 Å². The average molecular weight is 443 g/mol. The zero-order chi connectivity index (χ0) is 21.7. The highest BCUT2D eigenvalue weighted by molar-refractivity contribution is 7.92. The molecule has 1 N–H and O–H groups in total. The number of benzene rings is 3. The van der Waals surface area contributed by atoms with E-state index in [1.807, 2.05) is 31.2 Å². The molecular formula is C23H23ClN2O3S. The Morgan fingerprint density at radius 3 is 2.23 bits per heavy atom. The van der Waals surface area contributed by atoms with Crippen LogP contribution in [0.1, 0.15) is 18.1 Å². The number of sulfonamides is 1. The molecule has 0 saturated heterocycles. The highest BCUT2D eigenvalue weighted by atomic mass is 35.5. The van der Waals surface area contributed by atoms with E-state index < -0.39 is 10.0 Å². The average Bonchev–Trinajstić information content (AvgIpc) is 2.74. The van der Waals surface area contributed by atoms with Gasteiger partial charge in [-0.05, 0) is 60.0 Å². The number of carbonyl (C=O) groups is 1. The maximum atomic E-state index is 12.8. The summed E-state index contributed by atoms with van der Waals surface area (Å²) in [7, 11) is -2.20. The van der Waals surface area contributed by atoms with Crippen molar-refractivity contribution in [1.82, 2.24) is 0 Å². The lowest BCUT2D eigenvalue weighted by atomic mass is 10.1. The zero-order valence-corrected chi connectivity index (χ0v) is 18.4. The lowest BCUT2D eigenvalue weighted by Crippen LogP contribution is -2.26. The minimum atomic E-state index is -3.70. The summed E-state index contributed by atoms with van der Waals surface area (Å²) >= 11 is 5.84. The standard InChI is InChI=1S/C23H23ClN2O3S/c1-3-18-6-4-5-7-22(18)25-23(27)16-17-8-12-20(13-9-17)26(2)30(28,29)21-14-10-19(24)11-15-21/h4-15H,3,16H2,1-2H3,(H,25,27). The van der Waals surface area contributed by atoms with Crippen molar-refractivity contribution < 1.29 is 13.2 Å². The fourth-order valence-electron chi connectivity index (χ4n) is 3.06.